The summed E-state index contributed by atoms with van der Waals surface area (Å²) in [5.74, 6) is 1.94. The van der Waals surface area contributed by atoms with Gasteiger partial charge in [-0.25, -0.2) is 9.13 Å². The fourth-order valence-corrected chi connectivity index (χ4v) is 4.93. The van der Waals surface area contributed by atoms with Gasteiger partial charge < -0.3 is 4.72 Å². The molecule has 0 radical (unpaired) electrons. The molecule has 0 spiro atoms. The fourth-order valence-electron chi connectivity index (χ4n) is 4.93. The highest BCUT2D eigenvalue weighted by Gasteiger charge is 2.26. The number of nitrogens with zero attached hydrogens (tertiary/aromatic N) is 3. The first-order valence-corrected chi connectivity index (χ1v) is 12.4. The summed E-state index contributed by atoms with van der Waals surface area (Å²) < 4.78 is 7.77. The quantitative estimate of drug-likeness (QED) is 0.375. The van der Waals surface area contributed by atoms with E-state index in [1.165, 1.54) is 39.4 Å². The molecule has 3 rings (SSSR count). The topological polar surface area (TPSA) is 12.1 Å². The largest absolute Gasteiger partial charge is 0.660 e. The van der Waals surface area contributed by atoms with Crippen LogP contribution in [-0.4, -0.2) is 31.7 Å². The van der Waals surface area contributed by atoms with Gasteiger partial charge >= 0.3 is 0 Å². The maximum absolute atomic E-state index is 2.66. The van der Waals surface area contributed by atoms with Gasteiger partial charge in [0.05, 0.1) is 5.72 Å². The van der Waals surface area contributed by atoms with Crippen LogP contribution in [0.3, 0.4) is 0 Å². The Morgan fingerprint density at radius 1 is 0.758 bits per heavy atom. The molecule has 0 aliphatic heterocycles. The minimum atomic E-state index is -0.417. The molecule has 2 aromatic carbocycles. The van der Waals surface area contributed by atoms with Crippen molar-refractivity contribution in [1.29, 1.82) is 0 Å². The average molecular weight is 444 g/mol. The number of imidazole rings is 1. The molecule has 0 atom stereocenters. The van der Waals surface area contributed by atoms with Crippen LogP contribution in [0.4, 0.5) is 0 Å². The highest BCUT2D eigenvalue weighted by atomic mass is 15.2. The Morgan fingerprint density at radius 2 is 1.18 bits per heavy atom. The van der Waals surface area contributed by atoms with Gasteiger partial charge in [-0.05, 0) is 31.7 Å². The van der Waals surface area contributed by atoms with E-state index in [0.29, 0.717) is 23.7 Å². The number of hydrogen-bond acceptors (Lipinski definition) is 1. The van der Waals surface area contributed by atoms with E-state index >= 15 is 0 Å². The molecule has 1 aromatic heterocycles. The normalized spacial score (nSPS) is 12.2. The lowest BCUT2D eigenvalue weighted by molar-refractivity contribution is -0.577. The van der Waals surface area contributed by atoms with Gasteiger partial charge in [0.1, 0.15) is 31.2 Å². The Hall–Kier alpha value is -2.26. The Morgan fingerprint density at radius 3 is 1.58 bits per heavy atom. The zero-order chi connectivity index (χ0) is 24.4. The number of aromatic nitrogens is 2. The zero-order valence-electron chi connectivity index (χ0n) is 21.8. The summed E-state index contributed by atoms with van der Waals surface area (Å²) in [5.41, 5.74) is 10.1. The van der Waals surface area contributed by atoms with Crippen molar-refractivity contribution in [2.45, 2.75) is 79.1 Å². The third-order valence-electron chi connectivity index (χ3n) is 6.65. The van der Waals surface area contributed by atoms with E-state index in [-0.39, 0.29) is 7.98 Å². The minimum Gasteiger partial charge on any atom is -0.660 e. The van der Waals surface area contributed by atoms with Crippen LogP contribution >= 0.6 is 0 Å². The van der Waals surface area contributed by atoms with Crippen molar-refractivity contribution in [3.8, 4) is 11.4 Å². The highest BCUT2D eigenvalue weighted by molar-refractivity contribution is 6.53. The van der Waals surface area contributed by atoms with Gasteiger partial charge in [0, 0.05) is 22.3 Å². The van der Waals surface area contributed by atoms with E-state index in [0.717, 1.165) is 0 Å². The van der Waals surface area contributed by atoms with Crippen molar-refractivity contribution >= 4 is 21.1 Å². The van der Waals surface area contributed by atoms with Crippen LogP contribution in [0, 0.1) is 0 Å². The summed E-state index contributed by atoms with van der Waals surface area (Å²) in [4.78, 5) is 0. The molecule has 5 heteroatoms. The summed E-state index contributed by atoms with van der Waals surface area (Å²) in [6.07, 6.45) is 4.69. The van der Waals surface area contributed by atoms with E-state index in [2.05, 4.69) is 125 Å². The molecule has 178 valence electrons. The van der Waals surface area contributed by atoms with E-state index in [1.807, 2.05) is 0 Å². The lowest BCUT2D eigenvalue weighted by Crippen LogP contribution is -2.55. The smallest absolute Gasteiger partial charge is 0.135 e. The van der Waals surface area contributed by atoms with Gasteiger partial charge in [-0.3, -0.25) is 0 Å². The summed E-state index contributed by atoms with van der Waals surface area (Å²) in [7, 11) is 2.08. The molecule has 0 fully saturated rings. The Bertz CT molecular complexity index is 961. The van der Waals surface area contributed by atoms with Gasteiger partial charge in [0.25, 0.3) is 0 Å². The predicted molar refractivity (Wildman–Crippen MR) is 150 cm³/mol. The molecule has 0 saturated carbocycles. The van der Waals surface area contributed by atoms with E-state index in [9.17, 15) is 0 Å². The van der Waals surface area contributed by atoms with Crippen LogP contribution in [-0.2, 0) is 0 Å². The van der Waals surface area contributed by atoms with Crippen molar-refractivity contribution < 1.29 is 4.57 Å². The third-order valence-corrected chi connectivity index (χ3v) is 6.65. The van der Waals surface area contributed by atoms with Crippen LogP contribution in [0.1, 0.15) is 101 Å². The molecule has 0 aliphatic carbocycles. The number of hydrogen-bond donors (Lipinski definition) is 0. The second kappa shape index (κ2) is 10.3. The first-order chi connectivity index (χ1) is 15.5. The SMILES string of the molecule is [BH3-]N(C)[BH2-]c1n(-c2c(C(C)C)cccc2C(C)C)cc[n+]1-c1c(C(C)C)cccc1C(C)C. The number of para-hydroxylation sites is 2. The molecular formula is C28H44B2N3-. The van der Waals surface area contributed by atoms with Crippen molar-refractivity contribution in [3.63, 3.8) is 0 Å². The van der Waals surface area contributed by atoms with Crippen LogP contribution in [0.15, 0.2) is 48.8 Å². The third kappa shape index (κ3) is 5.14. The first kappa shape index (κ1) is 25.4. The Labute approximate surface area is 203 Å². The molecular weight excluding hydrogens is 400 g/mol. The molecule has 3 aromatic rings. The standard InChI is InChI=1S/C28H44B2N3/c1-18(2)22-12-10-13-23(19(3)4)26(22)32-16-17-33(28(32)30-31(9)29)27-24(20(5)6)14-11-15-25(27)21(7)8/h10-21H,30H2,1-9,29H3/q-1. The second-order valence-electron chi connectivity index (χ2n) is 10.4. The van der Waals surface area contributed by atoms with Crippen LogP contribution < -0.4 is 10.3 Å². The molecule has 0 bridgehead atoms. The fraction of sp³-hybridized carbons (Fsp3) is 0.464. The average Bonchev–Trinajstić information content (AvgIpc) is 3.14. The van der Waals surface area contributed by atoms with Gasteiger partial charge in [0.2, 0.25) is 0 Å². The molecule has 0 amide bonds. The van der Waals surface area contributed by atoms with Gasteiger partial charge in [-0.15, -0.1) is 0 Å². The van der Waals surface area contributed by atoms with Crippen LogP contribution in [0.25, 0.3) is 11.4 Å². The maximum Gasteiger partial charge on any atom is 0.135 e. The highest BCUT2D eigenvalue weighted by Crippen LogP contribution is 2.31. The molecule has 0 saturated heterocycles. The summed E-state index contributed by atoms with van der Waals surface area (Å²) in [6.45, 7) is 18.6. The Balaban J connectivity index is 2.41. The lowest BCUT2D eigenvalue weighted by atomic mass is 9.84. The molecule has 33 heavy (non-hydrogen) atoms. The predicted octanol–water partition coefficient (Wildman–Crippen LogP) is 4.17. The first-order valence-electron chi connectivity index (χ1n) is 12.4. The van der Waals surface area contributed by atoms with Gasteiger partial charge in [-0.1, -0.05) is 98.8 Å². The number of rotatable bonds is 8. The van der Waals surface area contributed by atoms with Crippen molar-refractivity contribution in [1.82, 2.24) is 9.29 Å². The monoisotopic (exact) mass is 444 g/mol. The van der Waals surface area contributed by atoms with Gasteiger partial charge in [-0.2, -0.15) is 0 Å². The van der Waals surface area contributed by atoms with Crippen molar-refractivity contribution in [3.05, 3.63) is 71.0 Å². The van der Waals surface area contributed by atoms with Gasteiger partial charge in [0.15, 0.2) is 0 Å². The zero-order valence-corrected chi connectivity index (χ0v) is 21.8. The molecule has 1 heterocycles. The summed E-state index contributed by atoms with van der Waals surface area (Å²) in [5, 5.41) is 0. The maximum atomic E-state index is 2.66. The lowest BCUT2D eigenvalue weighted by Gasteiger charge is -2.27. The van der Waals surface area contributed by atoms with E-state index < -0.39 is 7.41 Å². The van der Waals surface area contributed by atoms with Crippen molar-refractivity contribution in [2.24, 2.45) is 0 Å². The number of benzene rings is 2. The van der Waals surface area contributed by atoms with Crippen LogP contribution in [0.5, 0.6) is 0 Å². The van der Waals surface area contributed by atoms with Crippen molar-refractivity contribution in [2.75, 3.05) is 7.05 Å². The second-order valence-corrected chi connectivity index (χ2v) is 10.4. The summed E-state index contributed by atoms with van der Waals surface area (Å²) >= 11 is 0. The molecule has 0 unspecified atom stereocenters. The van der Waals surface area contributed by atoms with Crippen LogP contribution in [0.2, 0.25) is 0 Å². The molecule has 0 N–H and O–H groups in total. The Kier molecular flexibility index (Phi) is 7.95. The van der Waals surface area contributed by atoms with E-state index in [4.69, 9.17) is 0 Å². The molecule has 0 aliphatic rings. The summed E-state index contributed by atoms with van der Waals surface area (Å²) in [6, 6.07) is 13.8. The van der Waals surface area contributed by atoms with E-state index in [1.54, 1.807) is 0 Å². The molecule has 3 nitrogen and oxygen atoms in total. The minimum absolute atomic E-state index is 0.163.